The molecule has 7 rings (SSSR count). The van der Waals surface area contributed by atoms with Crippen molar-refractivity contribution in [3.8, 4) is 34.6 Å². The number of carbonyl (C=O) groups excluding carboxylic acids is 3. The van der Waals surface area contributed by atoms with Gasteiger partial charge in [-0.15, -0.1) is 29.8 Å². The summed E-state index contributed by atoms with van der Waals surface area (Å²) in [5.41, 5.74) is 27.6. The summed E-state index contributed by atoms with van der Waals surface area (Å²) in [6.45, 7) is 6.72. The summed E-state index contributed by atoms with van der Waals surface area (Å²) in [7, 11) is 0. The Morgan fingerprint density at radius 3 is 1.92 bits per heavy atom. The SMILES string of the molecule is C.C#CCCCCCc1cn(C(=O)OC(C)(C)C)c(N)n1.Cl.Nc1ncc(CCCCCc2cn(CCCC(=O)c3ccc(-c4ccccc4)cc3)nn2)[nH]1.[N-]=[N+]=NCCNC(=O)c1ccc(-c2ccccc2)cc1. The molecule has 0 saturated carbocycles. The average Bonchev–Trinajstić information content (AvgIpc) is 4.14. The lowest BCUT2D eigenvalue weighted by atomic mass is 10.0. The molecule has 0 atom stereocenters. The molecule has 17 nitrogen and oxygen atoms in total. The maximum atomic E-state index is 12.5. The molecule has 7 aromatic rings. The first-order valence-corrected chi connectivity index (χ1v) is 24.6. The van der Waals surface area contributed by atoms with E-state index in [2.05, 4.69) is 58.7 Å². The maximum absolute atomic E-state index is 12.5. The third-order valence-corrected chi connectivity index (χ3v) is 11.2. The van der Waals surface area contributed by atoms with Gasteiger partial charge in [-0.2, -0.15) is 0 Å². The molecule has 1 amide bonds. The zero-order chi connectivity index (χ0) is 52.3. The van der Waals surface area contributed by atoms with Gasteiger partial charge in [0.25, 0.3) is 5.91 Å². The van der Waals surface area contributed by atoms with Gasteiger partial charge in [0.05, 0.1) is 17.6 Å². The second-order valence-electron chi connectivity index (χ2n) is 18.2. The van der Waals surface area contributed by atoms with Crippen LogP contribution < -0.4 is 16.8 Å². The van der Waals surface area contributed by atoms with Crippen LogP contribution in [0.1, 0.15) is 124 Å². The van der Waals surface area contributed by atoms with Crippen molar-refractivity contribution in [2.45, 2.75) is 117 Å². The van der Waals surface area contributed by atoms with Gasteiger partial charge in [0, 0.05) is 66.6 Å². The van der Waals surface area contributed by atoms with Gasteiger partial charge < -0.3 is 26.5 Å². The second kappa shape index (κ2) is 32.8. The fraction of sp³-hybridized carbons (Fsp3) is 0.351. The summed E-state index contributed by atoms with van der Waals surface area (Å²) in [5.74, 6) is 3.25. The molecular formula is C57H72ClN13O4. The molecule has 0 radical (unpaired) electrons. The molecule has 0 aliphatic carbocycles. The first-order chi connectivity index (χ1) is 35.3. The largest absolute Gasteiger partial charge is 0.443 e. The molecule has 0 fully saturated rings. The van der Waals surface area contributed by atoms with Gasteiger partial charge in [-0.1, -0.05) is 128 Å². The minimum absolute atomic E-state index is 0. The molecule has 6 N–H and O–H groups in total. The van der Waals surface area contributed by atoms with Crippen LogP contribution in [0.5, 0.6) is 0 Å². The number of nitrogens with one attached hydrogen (secondary N) is 2. The van der Waals surface area contributed by atoms with Crippen LogP contribution >= 0.6 is 12.4 Å². The first-order valence-electron chi connectivity index (χ1n) is 24.6. The third kappa shape index (κ3) is 22.2. The van der Waals surface area contributed by atoms with E-state index in [4.69, 9.17) is 28.2 Å². The highest BCUT2D eigenvalue weighted by molar-refractivity contribution is 5.96. The van der Waals surface area contributed by atoms with Gasteiger partial charge in [-0.05, 0) is 112 Å². The van der Waals surface area contributed by atoms with E-state index in [1.807, 2.05) is 117 Å². The number of amides is 1. The van der Waals surface area contributed by atoms with E-state index in [0.717, 1.165) is 116 Å². The van der Waals surface area contributed by atoms with Gasteiger partial charge in [0.2, 0.25) is 5.95 Å². The van der Waals surface area contributed by atoms with Gasteiger partial charge in [0.15, 0.2) is 11.7 Å². The Hall–Kier alpha value is -8.19. The minimum Gasteiger partial charge on any atom is -0.443 e. The number of azide groups is 1. The lowest BCUT2D eigenvalue weighted by molar-refractivity contribution is 0.0540. The van der Waals surface area contributed by atoms with Crippen molar-refractivity contribution in [1.82, 2.24) is 39.8 Å². The second-order valence-corrected chi connectivity index (χ2v) is 18.2. The van der Waals surface area contributed by atoms with E-state index < -0.39 is 11.7 Å². The molecule has 0 bridgehead atoms. The van der Waals surface area contributed by atoms with Crippen LogP contribution in [0.4, 0.5) is 16.7 Å². The number of hydrogen-bond acceptors (Lipinski definition) is 11. The number of nitrogens with two attached hydrogens (primary N) is 2. The molecule has 0 aliphatic rings. The number of aryl methyl sites for hydroxylation is 4. The minimum atomic E-state index is -0.552. The summed E-state index contributed by atoms with van der Waals surface area (Å²) in [6.07, 6.45) is 21.1. The molecule has 3 aromatic heterocycles. The molecule has 18 heteroatoms. The number of nitrogens with zero attached hydrogens (tertiary/aromatic N) is 9. The van der Waals surface area contributed by atoms with Crippen LogP contribution in [0, 0.1) is 12.3 Å². The number of ether oxygens (including phenoxy) is 1. The number of hydrogen-bond donors (Lipinski definition) is 4. The lowest BCUT2D eigenvalue weighted by Gasteiger charge is -2.19. The predicted molar refractivity (Wildman–Crippen MR) is 301 cm³/mol. The molecule has 396 valence electrons. The fourth-order valence-electron chi connectivity index (χ4n) is 7.43. The highest BCUT2D eigenvalue weighted by Gasteiger charge is 2.20. The number of Topliss-reactive ketones (excluding diaryl/α,β-unsaturated/α-hetero) is 1. The Bertz CT molecular complexity index is 2860. The number of anilines is 2. The Morgan fingerprint density at radius 1 is 0.773 bits per heavy atom. The van der Waals surface area contributed by atoms with Crippen LogP contribution in [0.25, 0.3) is 32.7 Å². The number of aromatic amines is 1. The normalized spacial score (nSPS) is 10.4. The molecule has 75 heavy (non-hydrogen) atoms. The van der Waals surface area contributed by atoms with Crippen molar-refractivity contribution >= 4 is 42.1 Å². The van der Waals surface area contributed by atoms with Crippen LogP contribution in [-0.2, 0) is 30.5 Å². The summed E-state index contributed by atoms with van der Waals surface area (Å²) in [5, 5.41) is 14.5. The first kappa shape index (κ1) is 61.1. The average molecular weight is 1040 g/mol. The molecular weight excluding hydrogens is 966 g/mol. The molecule has 0 spiro atoms. The van der Waals surface area contributed by atoms with Gasteiger partial charge in [-0.25, -0.2) is 19.3 Å². The van der Waals surface area contributed by atoms with Crippen LogP contribution in [0.2, 0.25) is 0 Å². The molecule has 3 heterocycles. The Labute approximate surface area is 447 Å². The van der Waals surface area contributed by atoms with Gasteiger partial charge in [-0.3, -0.25) is 14.3 Å². The number of benzene rings is 4. The van der Waals surface area contributed by atoms with E-state index in [1.54, 1.807) is 24.5 Å². The van der Waals surface area contributed by atoms with E-state index in [9.17, 15) is 14.4 Å². The number of ketones is 1. The topological polar surface area (TPSA) is 250 Å². The number of nitrogen functional groups attached to an aromatic ring is 2. The molecule has 0 aliphatic heterocycles. The summed E-state index contributed by atoms with van der Waals surface area (Å²) >= 11 is 0. The smallest absolute Gasteiger partial charge is 0.421 e. The van der Waals surface area contributed by atoms with Crippen molar-refractivity contribution in [2.24, 2.45) is 5.11 Å². The summed E-state index contributed by atoms with van der Waals surface area (Å²) in [6, 6.07) is 35.4. The van der Waals surface area contributed by atoms with Crippen molar-refractivity contribution in [3.63, 3.8) is 0 Å². The summed E-state index contributed by atoms with van der Waals surface area (Å²) < 4.78 is 8.35. The number of unbranched alkanes of at least 4 members (excludes halogenated alkanes) is 5. The molecule has 0 saturated heterocycles. The maximum Gasteiger partial charge on any atom is 0.421 e. The van der Waals surface area contributed by atoms with E-state index in [0.29, 0.717) is 31.0 Å². The Kier molecular flexibility index (Phi) is 26.7. The molecule has 4 aromatic carbocycles. The number of aromatic nitrogens is 7. The standard InChI is InChI=1S/C26H30N6O.C15H14N4O.C15H23N3O2.CH4.ClH/c27-26-28-18-23(29-26)10-5-2-6-11-24-19-32(31-30-24)17-7-12-25(33)22-15-13-21(14-16-22)20-8-3-1-4-9-20;16-19-18-11-10-17-15(20)14-8-6-13(7-9-14)12-4-2-1-3-5-12;1-5-6-7-8-9-10-12-11-18(13(16)17-12)14(19)20-15(2,3)4;;/h1,3-4,8-9,13-16,18-19H,2,5-7,10-12,17H2,(H3,27,28,29);1-9H,10-11H2,(H,17,20);1,11H,6-10H2,2-4H3,(H2,16,17);1H4;1H. The number of imidazole rings is 2. The number of carbonyl (C=O) groups is 3. The lowest BCUT2D eigenvalue weighted by Crippen LogP contribution is -2.27. The van der Waals surface area contributed by atoms with Crippen LogP contribution in [-0.4, -0.2) is 71.0 Å². The van der Waals surface area contributed by atoms with Gasteiger partial charge >= 0.3 is 6.09 Å². The van der Waals surface area contributed by atoms with Crippen LogP contribution in [0.3, 0.4) is 0 Å². The quantitative estimate of drug-likeness (QED) is 0.0125. The Balaban J connectivity index is 0.000000308. The number of terminal acetylenes is 1. The number of halogens is 1. The number of H-pyrrole nitrogens is 1. The van der Waals surface area contributed by atoms with E-state index in [-0.39, 0.29) is 44.0 Å². The monoisotopic (exact) mass is 1040 g/mol. The Morgan fingerprint density at radius 2 is 1.35 bits per heavy atom. The highest BCUT2D eigenvalue weighted by atomic mass is 35.5. The summed E-state index contributed by atoms with van der Waals surface area (Å²) in [4.78, 5) is 50.1. The fourth-order valence-corrected chi connectivity index (χ4v) is 7.43. The van der Waals surface area contributed by atoms with Crippen molar-refractivity contribution < 1.29 is 19.1 Å². The van der Waals surface area contributed by atoms with Crippen LogP contribution in [0.15, 0.2) is 133 Å². The number of rotatable bonds is 22. The molecule has 0 unspecified atom stereocenters. The van der Waals surface area contributed by atoms with Crippen molar-refractivity contribution in [2.75, 3.05) is 24.6 Å². The third-order valence-electron chi connectivity index (χ3n) is 11.2. The highest BCUT2D eigenvalue weighted by Crippen LogP contribution is 2.21. The predicted octanol–water partition coefficient (Wildman–Crippen LogP) is 12.3. The van der Waals surface area contributed by atoms with Crippen molar-refractivity contribution in [3.05, 3.63) is 166 Å². The zero-order valence-corrected chi connectivity index (χ0v) is 43.3. The van der Waals surface area contributed by atoms with Gasteiger partial charge in [0.1, 0.15) is 5.60 Å². The van der Waals surface area contributed by atoms with Crippen molar-refractivity contribution in [1.29, 1.82) is 0 Å². The van der Waals surface area contributed by atoms with E-state index >= 15 is 0 Å². The van der Waals surface area contributed by atoms with E-state index in [1.165, 1.54) is 4.57 Å². The zero-order valence-electron chi connectivity index (χ0n) is 42.5.